The number of alkyl halides is 1. The highest BCUT2D eigenvalue weighted by molar-refractivity contribution is 9.09. The molecule has 0 fully saturated rings. The Balaban J connectivity index is 2.28. The van der Waals surface area contributed by atoms with E-state index in [-0.39, 0.29) is 5.78 Å². The van der Waals surface area contributed by atoms with Gasteiger partial charge in [-0.05, 0) is 24.3 Å². The maximum absolute atomic E-state index is 12.1. The normalized spacial score (nSPS) is 10.7. The summed E-state index contributed by atoms with van der Waals surface area (Å²) in [7, 11) is 0. The fourth-order valence-electron chi connectivity index (χ4n) is 2.05. The summed E-state index contributed by atoms with van der Waals surface area (Å²) in [6, 6.07) is 11.7. The number of carbonyl (C=O) groups excluding carboxylic acids is 1. The SMILES string of the molecule is Nc1c(C(=O)CCCCBr)ccc2ccccc12. The van der Waals surface area contributed by atoms with E-state index < -0.39 is 0 Å². The second-order valence-electron chi connectivity index (χ2n) is 4.32. The lowest BCUT2D eigenvalue weighted by Gasteiger charge is -2.08. The van der Waals surface area contributed by atoms with Crippen LogP contribution in [0.5, 0.6) is 0 Å². The van der Waals surface area contributed by atoms with Gasteiger partial charge in [0.15, 0.2) is 5.78 Å². The van der Waals surface area contributed by atoms with Crippen molar-refractivity contribution >= 4 is 38.2 Å². The fraction of sp³-hybridized carbons (Fsp3) is 0.267. The molecule has 2 aromatic carbocycles. The Hall–Kier alpha value is -1.35. The van der Waals surface area contributed by atoms with Gasteiger partial charge in [0.25, 0.3) is 0 Å². The zero-order chi connectivity index (χ0) is 13.0. The van der Waals surface area contributed by atoms with Crippen molar-refractivity contribution in [2.24, 2.45) is 0 Å². The van der Waals surface area contributed by atoms with E-state index in [4.69, 9.17) is 5.73 Å². The summed E-state index contributed by atoms with van der Waals surface area (Å²) in [4.78, 5) is 12.1. The van der Waals surface area contributed by atoms with Gasteiger partial charge in [0.05, 0.1) is 5.69 Å². The van der Waals surface area contributed by atoms with Crippen LogP contribution in [-0.4, -0.2) is 11.1 Å². The van der Waals surface area contributed by atoms with Crippen LogP contribution in [0.3, 0.4) is 0 Å². The summed E-state index contributed by atoms with van der Waals surface area (Å²) >= 11 is 3.37. The second kappa shape index (κ2) is 6.01. The Morgan fingerprint density at radius 3 is 2.67 bits per heavy atom. The maximum atomic E-state index is 12.1. The molecule has 0 radical (unpaired) electrons. The van der Waals surface area contributed by atoms with Crippen LogP contribution in [0.25, 0.3) is 10.8 Å². The van der Waals surface area contributed by atoms with Crippen molar-refractivity contribution in [3.63, 3.8) is 0 Å². The van der Waals surface area contributed by atoms with Crippen LogP contribution in [0.15, 0.2) is 36.4 Å². The van der Waals surface area contributed by atoms with Gasteiger partial charge < -0.3 is 5.73 Å². The molecule has 3 heteroatoms. The van der Waals surface area contributed by atoms with Crippen molar-refractivity contribution in [3.8, 4) is 0 Å². The van der Waals surface area contributed by atoms with Crippen LogP contribution in [0.4, 0.5) is 5.69 Å². The summed E-state index contributed by atoms with van der Waals surface area (Å²) in [5, 5.41) is 2.98. The Labute approximate surface area is 115 Å². The zero-order valence-electron chi connectivity index (χ0n) is 10.2. The van der Waals surface area contributed by atoms with Crippen LogP contribution in [0.1, 0.15) is 29.6 Å². The number of unbranched alkanes of at least 4 members (excludes halogenated alkanes) is 1. The molecule has 2 rings (SSSR count). The molecule has 18 heavy (non-hydrogen) atoms. The molecule has 0 amide bonds. The van der Waals surface area contributed by atoms with E-state index >= 15 is 0 Å². The third-order valence-corrected chi connectivity index (χ3v) is 3.62. The summed E-state index contributed by atoms with van der Waals surface area (Å²) in [5.74, 6) is 0.138. The lowest BCUT2D eigenvalue weighted by atomic mass is 9.99. The third-order valence-electron chi connectivity index (χ3n) is 3.06. The van der Waals surface area contributed by atoms with Gasteiger partial charge in [-0.15, -0.1) is 0 Å². The molecule has 0 aliphatic carbocycles. The van der Waals surface area contributed by atoms with E-state index in [9.17, 15) is 4.79 Å². The van der Waals surface area contributed by atoms with E-state index in [1.54, 1.807) is 0 Å². The molecular formula is C15H16BrNO. The molecule has 0 bridgehead atoms. The Morgan fingerprint density at radius 1 is 1.11 bits per heavy atom. The minimum Gasteiger partial charge on any atom is -0.398 e. The molecule has 0 spiro atoms. The minimum atomic E-state index is 0.138. The number of benzene rings is 2. The van der Waals surface area contributed by atoms with Crippen molar-refractivity contribution in [1.82, 2.24) is 0 Å². The molecule has 2 aromatic rings. The quantitative estimate of drug-likeness (QED) is 0.390. The summed E-state index contributed by atoms with van der Waals surface area (Å²) in [6.45, 7) is 0. The molecule has 2 nitrogen and oxygen atoms in total. The first kappa shape index (κ1) is 13.1. The molecule has 0 heterocycles. The van der Waals surface area contributed by atoms with E-state index in [0.29, 0.717) is 17.7 Å². The molecule has 0 atom stereocenters. The summed E-state index contributed by atoms with van der Waals surface area (Å²) < 4.78 is 0. The molecule has 94 valence electrons. The Kier molecular flexibility index (Phi) is 4.37. The topological polar surface area (TPSA) is 43.1 Å². The van der Waals surface area contributed by atoms with Gasteiger partial charge in [0.2, 0.25) is 0 Å². The largest absolute Gasteiger partial charge is 0.398 e. The molecule has 2 N–H and O–H groups in total. The van der Waals surface area contributed by atoms with Crippen LogP contribution < -0.4 is 5.73 Å². The Bertz CT molecular complexity index is 565. The van der Waals surface area contributed by atoms with Crippen molar-refractivity contribution in [2.45, 2.75) is 19.3 Å². The van der Waals surface area contributed by atoms with E-state index in [0.717, 1.165) is 28.9 Å². The van der Waals surface area contributed by atoms with Gasteiger partial charge in [0, 0.05) is 22.7 Å². The molecular weight excluding hydrogens is 290 g/mol. The van der Waals surface area contributed by atoms with Gasteiger partial charge in [-0.2, -0.15) is 0 Å². The number of rotatable bonds is 5. The average molecular weight is 306 g/mol. The predicted molar refractivity (Wildman–Crippen MR) is 80.3 cm³/mol. The first-order valence-corrected chi connectivity index (χ1v) is 7.22. The third kappa shape index (κ3) is 2.72. The number of halogens is 1. The molecule has 0 aliphatic heterocycles. The van der Waals surface area contributed by atoms with Gasteiger partial charge >= 0.3 is 0 Å². The number of hydrogen-bond acceptors (Lipinski definition) is 2. The number of hydrogen-bond donors (Lipinski definition) is 1. The number of carbonyl (C=O) groups is 1. The number of Topliss-reactive ketones (excluding diaryl/α,β-unsaturated/α-hetero) is 1. The molecule has 0 saturated heterocycles. The lowest BCUT2D eigenvalue weighted by molar-refractivity contribution is 0.0981. The number of ketones is 1. The van der Waals surface area contributed by atoms with Crippen LogP contribution in [-0.2, 0) is 0 Å². The maximum Gasteiger partial charge on any atom is 0.164 e. The number of fused-ring (bicyclic) bond motifs is 1. The molecule has 0 aromatic heterocycles. The zero-order valence-corrected chi connectivity index (χ0v) is 11.7. The number of nitrogens with two attached hydrogens (primary N) is 1. The summed E-state index contributed by atoms with van der Waals surface area (Å²) in [5.41, 5.74) is 7.36. The van der Waals surface area contributed by atoms with Crippen molar-refractivity contribution in [2.75, 3.05) is 11.1 Å². The average Bonchev–Trinajstić information content (AvgIpc) is 2.39. The Morgan fingerprint density at radius 2 is 1.89 bits per heavy atom. The van der Waals surface area contributed by atoms with E-state index in [2.05, 4.69) is 15.9 Å². The first-order chi connectivity index (χ1) is 8.74. The molecule has 0 unspecified atom stereocenters. The number of anilines is 1. The van der Waals surface area contributed by atoms with Crippen LogP contribution in [0, 0.1) is 0 Å². The lowest BCUT2D eigenvalue weighted by Crippen LogP contribution is -2.04. The number of nitrogen functional groups attached to an aromatic ring is 1. The van der Waals surface area contributed by atoms with E-state index in [1.807, 2.05) is 36.4 Å². The van der Waals surface area contributed by atoms with Crippen LogP contribution >= 0.6 is 15.9 Å². The predicted octanol–water partition coefficient (Wildman–Crippen LogP) is 4.17. The van der Waals surface area contributed by atoms with E-state index in [1.165, 1.54) is 0 Å². The standard InChI is InChI=1S/C15H16BrNO/c16-10-4-3-7-14(18)13-9-8-11-5-1-2-6-12(11)15(13)17/h1-2,5-6,8-9H,3-4,7,10,17H2. The molecule has 0 saturated carbocycles. The fourth-order valence-corrected chi connectivity index (χ4v) is 2.45. The van der Waals surface area contributed by atoms with Gasteiger partial charge in [-0.3, -0.25) is 4.79 Å². The van der Waals surface area contributed by atoms with Crippen molar-refractivity contribution in [1.29, 1.82) is 0 Å². The highest BCUT2D eigenvalue weighted by Gasteiger charge is 2.11. The van der Waals surface area contributed by atoms with Gasteiger partial charge in [0.1, 0.15) is 0 Å². The van der Waals surface area contributed by atoms with Crippen LogP contribution in [0.2, 0.25) is 0 Å². The summed E-state index contributed by atoms with van der Waals surface area (Å²) in [6.07, 6.45) is 2.48. The monoisotopic (exact) mass is 305 g/mol. The minimum absolute atomic E-state index is 0.138. The highest BCUT2D eigenvalue weighted by Crippen LogP contribution is 2.26. The first-order valence-electron chi connectivity index (χ1n) is 6.10. The van der Waals surface area contributed by atoms with Gasteiger partial charge in [-0.25, -0.2) is 0 Å². The highest BCUT2D eigenvalue weighted by atomic mass is 79.9. The second-order valence-corrected chi connectivity index (χ2v) is 5.11. The van der Waals surface area contributed by atoms with Crippen molar-refractivity contribution in [3.05, 3.63) is 42.0 Å². The van der Waals surface area contributed by atoms with Gasteiger partial charge in [-0.1, -0.05) is 46.3 Å². The van der Waals surface area contributed by atoms with Crippen molar-refractivity contribution < 1.29 is 4.79 Å². The molecule has 0 aliphatic rings. The smallest absolute Gasteiger partial charge is 0.164 e.